The molecule has 1 aromatic carbocycles. The minimum atomic E-state index is -0.0868. The molecule has 0 spiro atoms. The summed E-state index contributed by atoms with van der Waals surface area (Å²) in [5.41, 5.74) is 3.14. The molecular formula is C21H24N4O2. The molecule has 0 bridgehead atoms. The Hall–Kier alpha value is -3.15. The fraction of sp³-hybridized carbons (Fsp3) is 0.286. The quantitative estimate of drug-likeness (QED) is 0.625. The van der Waals surface area contributed by atoms with Crippen LogP contribution in [0.1, 0.15) is 24.1 Å². The molecule has 3 rings (SSSR count). The molecule has 2 aromatic heterocycles. The van der Waals surface area contributed by atoms with Gasteiger partial charge in [0.05, 0.1) is 11.4 Å². The zero-order valence-corrected chi connectivity index (χ0v) is 15.5. The van der Waals surface area contributed by atoms with E-state index in [4.69, 9.17) is 0 Å². The van der Waals surface area contributed by atoms with Gasteiger partial charge in [0.2, 0.25) is 5.91 Å². The summed E-state index contributed by atoms with van der Waals surface area (Å²) in [6, 6.07) is 15.0. The topological polar surface area (TPSA) is 68.9 Å². The first-order chi connectivity index (χ1) is 13.1. The molecule has 1 N–H and O–H groups in total. The molecule has 0 aliphatic heterocycles. The lowest BCUT2D eigenvalue weighted by molar-refractivity contribution is -0.121. The molecule has 0 aliphatic carbocycles. The number of aromatic nitrogens is 3. The monoisotopic (exact) mass is 364 g/mol. The highest BCUT2D eigenvalue weighted by Gasteiger charge is 2.07. The van der Waals surface area contributed by atoms with E-state index in [9.17, 15) is 9.59 Å². The molecule has 3 aromatic rings. The highest BCUT2D eigenvalue weighted by molar-refractivity contribution is 5.75. The Kier molecular flexibility index (Phi) is 6.20. The average Bonchev–Trinajstić information content (AvgIpc) is 3.06. The number of benzene rings is 1. The van der Waals surface area contributed by atoms with E-state index in [0.717, 1.165) is 24.2 Å². The number of nitrogens with zero attached hydrogens (tertiary/aromatic N) is 3. The van der Waals surface area contributed by atoms with Crippen molar-refractivity contribution in [1.82, 2.24) is 19.7 Å². The predicted octanol–water partition coefficient (Wildman–Crippen LogP) is 2.48. The van der Waals surface area contributed by atoms with Crippen LogP contribution in [-0.4, -0.2) is 26.8 Å². The van der Waals surface area contributed by atoms with Gasteiger partial charge in [-0.15, -0.1) is 0 Å². The van der Waals surface area contributed by atoms with Gasteiger partial charge < -0.3 is 9.88 Å². The molecule has 0 saturated carbocycles. The Morgan fingerprint density at radius 1 is 1.11 bits per heavy atom. The molecule has 0 fully saturated rings. The van der Waals surface area contributed by atoms with E-state index in [1.807, 2.05) is 48.1 Å². The second-order valence-electron chi connectivity index (χ2n) is 6.46. The molecule has 0 unspecified atom stereocenters. The Morgan fingerprint density at radius 3 is 2.67 bits per heavy atom. The maximum Gasteiger partial charge on any atom is 0.250 e. The van der Waals surface area contributed by atoms with Crippen LogP contribution in [0.2, 0.25) is 0 Å². The van der Waals surface area contributed by atoms with Crippen LogP contribution >= 0.6 is 0 Å². The van der Waals surface area contributed by atoms with Gasteiger partial charge in [-0.25, -0.2) is 4.68 Å². The van der Waals surface area contributed by atoms with Gasteiger partial charge in [-0.2, -0.15) is 5.10 Å². The predicted molar refractivity (Wildman–Crippen MR) is 105 cm³/mol. The first kappa shape index (κ1) is 18.6. The van der Waals surface area contributed by atoms with E-state index in [0.29, 0.717) is 19.5 Å². The first-order valence-electron chi connectivity index (χ1n) is 9.16. The number of carbonyl (C=O) groups excluding carboxylic acids is 1. The summed E-state index contributed by atoms with van der Waals surface area (Å²) in [5, 5.41) is 7.48. The summed E-state index contributed by atoms with van der Waals surface area (Å²) >= 11 is 0. The third kappa shape index (κ3) is 5.17. The van der Waals surface area contributed by atoms with Crippen LogP contribution in [0.5, 0.6) is 0 Å². The number of hydrogen-bond acceptors (Lipinski definition) is 3. The standard InChI is InChI=1S/C21H24N4O2/c1-17-18(16-25(23-17)19-9-3-2-4-10-19)8-7-13-22-20(26)12-15-24-14-6-5-11-21(24)27/h2-6,9-11,14,16H,7-8,12-13,15H2,1H3,(H,22,26). The van der Waals surface area contributed by atoms with Gasteiger partial charge in [-0.1, -0.05) is 24.3 Å². The van der Waals surface area contributed by atoms with Crippen molar-refractivity contribution in [2.75, 3.05) is 6.54 Å². The summed E-state index contributed by atoms with van der Waals surface area (Å²) in [6.45, 7) is 3.01. The molecule has 2 heterocycles. The maximum atomic E-state index is 12.0. The second-order valence-corrected chi connectivity index (χ2v) is 6.46. The fourth-order valence-electron chi connectivity index (χ4n) is 2.92. The number of carbonyl (C=O) groups is 1. The van der Waals surface area contributed by atoms with Gasteiger partial charge in [0.15, 0.2) is 0 Å². The van der Waals surface area contributed by atoms with Crippen molar-refractivity contribution in [3.05, 3.63) is 82.5 Å². The molecule has 0 atom stereocenters. The first-order valence-corrected chi connectivity index (χ1v) is 9.16. The molecule has 140 valence electrons. The van der Waals surface area contributed by atoms with E-state index in [-0.39, 0.29) is 11.5 Å². The number of aryl methyl sites for hydroxylation is 3. The van der Waals surface area contributed by atoms with Gasteiger partial charge in [0.25, 0.3) is 5.56 Å². The molecule has 6 nitrogen and oxygen atoms in total. The molecule has 1 amide bonds. The maximum absolute atomic E-state index is 12.0. The van der Waals surface area contributed by atoms with Crippen LogP contribution in [0.25, 0.3) is 5.69 Å². The van der Waals surface area contributed by atoms with Gasteiger partial charge in [-0.05, 0) is 43.5 Å². The van der Waals surface area contributed by atoms with Crippen LogP contribution in [0, 0.1) is 6.92 Å². The minimum Gasteiger partial charge on any atom is -0.356 e. The molecule has 0 aliphatic rings. The van der Waals surface area contributed by atoms with Crippen LogP contribution in [0.4, 0.5) is 0 Å². The van der Waals surface area contributed by atoms with Crippen molar-refractivity contribution in [1.29, 1.82) is 0 Å². The third-order valence-electron chi connectivity index (χ3n) is 4.45. The van der Waals surface area contributed by atoms with Crippen LogP contribution in [0.3, 0.4) is 0 Å². The van der Waals surface area contributed by atoms with Crippen molar-refractivity contribution in [2.45, 2.75) is 32.7 Å². The third-order valence-corrected chi connectivity index (χ3v) is 4.45. The Bertz CT molecular complexity index is 944. The minimum absolute atomic E-state index is 0.0394. The summed E-state index contributed by atoms with van der Waals surface area (Å²) in [5.74, 6) is -0.0394. The zero-order valence-electron chi connectivity index (χ0n) is 15.5. The van der Waals surface area contributed by atoms with Crippen LogP contribution < -0.4 is 10.9 Å². The molecule has 6 heteroatoms. The Labute approximate surface area is 158 Å². The van der Waals surface area contributed by atoms with Crippen LogP contribution in [0.15, 0.2) is 65.7 Å². The van der Waals surface area contributed by atoms with Crippen LogP contribution in [-0.2, 0) is 17.8 Å². The number of pyridine rings is 1. The van der Waals surface area contributed by atoms with E-state index < -0.39 is 0 Å². The zero-order chi connectivity index (χ0) is 19.1. The number of amides is 1. The van der Waals surface area contributed by atoms with Gasteiger partial charge in [0.1, 0.15) is 0 Å². The summed E-state index contributed by atoms with van der Waals surface area (Å²) in [7, 11) is 0. The Morgan fingerprint density at radius 2 is 1.89 bits per heavy atom. The number of rotatable bonds is 8. The lowest BCUT2D eigenvalue weighted by atomic mass is 10.1. The van der Waals surface area contributed by atoms with Gasteiger partial charge >= 0.3 is 0 Å². The van der Waals surface area contributed by atoms with E-state index in [1.54, 1.807) is 22.9 Å². The van der Waals surface area contributed by atoms with Crippen molar-refractivity contribution in [3.8, 4) is 5.69 Å². The number of para-hydroxylation sites is 1. The largest absolute Gasteiger partial charge is 0.356 e. The second kappa shape index (κ2) is 8.98. The molecule has 0 saturated heterocycles. The van der Waals surface area contributed by atoms with E-state index in [2.05, 4.69) is 10.4 Å². The highest BCUT2D eigenvalue weighted by atomic mass is 16.1. The summed E-state index contributed by atoms with van der Waals surface area (Å²) in [6.07, 6.45) is 5.75. The van der Waals surface area contributed by atoms with Crippen molar-refractivity contribution in [3.63, 3.8) is 0 Å². The molecule has 0 radical (unpaired) electrons. The van der Waals surface area contributed by atoms with Crippen molar-refractivity contribution >= 4 is 5.91 Å². The van der Waals surface area contributed by atoms with Gasteiger partial charge in [-0.3, -0.25) is 9.59 Å². The SMILES string of the molecule is Cc1nn(-c2ccccc2)cc1CCCNC(=O)CCn1ccccc1=O. The fourth-order valence-corrected chi connectivity index (χ4v) is 2.92. The number of nitrogens with one attached hydrogen (secondary N) is 1. The van der Waals surface area contributed by atoms with Crippen molar-refractivity contribution in [2.24, 2.45) is 0 Å². The Balaban J connectivity index is 1.42. The normalized spacial score (nSPS) is 10.7. The molecular weight excluding hydrogens is 340 g/mol. The van der Waals surface area contributed by atoms with Gasteiger partial charge in [0, 0.05) is 38.0 Å². The summed E-state index contributed by atoms with van der Waals surface area (Å²) in [4.78, 5) is 23.6. The molecule has 27 heavy (non-hydrogen) atoms. The highest BCUT2D eigenvalue weighted by Crippen LogP contribution is 2.13. The average molecular weight is 364 g/mol. The van der Waals surface area contributed by atoms with Crippen molar-refractivity contribution < 1.29 is 4.79 Å². The lowest BCUT2D eigenvalue weighted by Crippen LogP contribution is -2.27. The summed E-state index contributed by atoms with van der Waals surface area (Å²) < 4.78 is 3.43. The smallest absolute Gasteiger partial charge is 0.250 e. The lowest BCUT2D eigenvalue weighted by Gasteiger charge is -2.06. The van der Waals surface area contributed by atoms with E-state index >= 15 is 0 Å². The van der Waals surface area contributed by atoms with E-state index in [1.165, 1.54) is 11.6 Å². The number of hydrogen-bond donors (Lipinski definition) is 1.